The van der Waals surface area contributed by atoms with Crippen molar-refractivity contribution < 1.29 is 4.52 Å². The molecule has 0 amide bonds. The van der Waals surface area contributed by atoms with Crippen molar-refractivity contribution in [3.05, 3.63) is 29.2 Å². The van der Waals surface area contributed by atoms with Gasteiger partial charge in [0.2, 0.25) is 11.7 Å². The molecule has 0 aromatic carbocycles. The summed E-state index contributed by atoms with van der Waals surface area (Å²) in [7, 11) is 0. The van der Waals surface area contributed by atoms with Crippen molar-refractivity contribution in [1.82, 2.24) is 20.4 Å². The van der Waals surface area contributed by atoms with Gasteiger partial charge in [-0.25, -0.2) is 0 Å². The number of hydrogen-bond acceptors (Lipinski definition) is 5. The maximum atomic E-state index is 5.83. The fourth-order valence-electron chi connectivity index (χ4n) is 2.37. The van der Waals surface area contributed by atoms with Crippen LogP contribution < -0.4 is 5.32 Å². The van der Waals surface area contributed by atoms with Crippen LogP contribution >= 0.6 is 11.6 Å². The van der Waals surface area contributed by atoms with Crippen LogP contribution in [0.2, 0.25) is 5.02 Å². The van der Waals surface area contributed by atoms with Crippen LogP contribution in [0, 0.1) is 5.92 Å². The van der Waals surface area contributed by atoms with E-state index in [0.29, 0.717) is 28.5 Å². The van der Waals surface area contributed by atoms with Crippen LogP contribution in [0.1, 0.15) is 32.1 Å². The summed E-state index contributed by atoms with van der Waals surface area (Å²) in [6, 6.07) is 4.01. The summed E-state index contributed by atoms with van der Waals surface area (Å²) >= 11 is 5.83. The highest BCUT2D eigenvalue weighted by Gasteiger charge is 2.32. The van der Waals surface area contributed by atoms with Crippen LogP contribution in [0.15, 0.2) is 22.9 Å². The fourth-order valence-corrected chi connectivity index (χ4v) is 2.48. The van der Waals surface area contributed by atoms with Gasteiger partial charge in [0.15, 0.2) is 0 Å². The lowest BCUT2D eigenvalue weighted by atomic mass is 10.1. The molecule has 112 valence electrons. The van der Waals surface area contributed by atoms with Crippen molar-refractivity contribution in [1.29, 1.82) is 0 Å². The third-order valence-electron chi connectivity index (χ3n) is 3.67. The lowest BCUT2D eigenvalue weighted by Crippen LogP contribution is -2.33. The van der Waals surface area contributed by atoms with Gasteiger partial charge in [0, 0.05) is 18.7 Å². The minimum Gasteiger partial charge on any atom is -0.339 e. The molecule has 0 radical (unpaired) electrons. The van der Waals surface area contributed by atoms with E-state index in [-0.39, 0.29) is 0 Å². The second kappa shape index (κ2) is 6.54. The number of aromatic nitrogens is 3. The zero-order chi connectivity index (χ0) is 14.7. The number of nitrogens with zero attached hydrogens (tertiary/aromatic N) is 3. The van der Waals surface area contributed by atoms with E-state index in [4.69, 9.17) is 16.1 Å². The molecule has 2 aromatic rings. The fraction of sp³-hybridized carbons (Fsp3) is 0.533. The van der Waals surface area contributed by atoms with Crippen LogP contribution in [0.4, 0.5) is 0 Å². The third kappa shape index (κ3) is 3.80. The standard InChI is InChI=1S/C15H19ClN4O/c1-2-7-17-13(10-3-4-10)8-14-19-15(20-21-14)12-6-5-11(16)9-18-12/h5-6,9-10,13,17H,2-4,7-8H2,1H3. The number of nitrogens with one attached hydrogen (secondary N) is 1. The SMILES string of the molecule is CCCNC(Cc1nc(-c2ccc(Cl)cn2)no1)C1CC1. The molecule has 0 aliphatic heterocycles. The van der Waals surface area contributed by atoms with E-state index < -0.39 is 0 Å². The van der Waals surface area contributed by atoms with Crippen LogP contribution in [-0.2, 0) is 6.42 Å². The lowest BCUT2D eigenvalue weighted by Gasteiger charge is -2.15. The number of rotatable bonds is 7. The van der Waals surface area contributed by atoms with Crippen LogP contribution in [0.25, 0.3) is 11.5 Å². The molecule has 1 atom stereocenters. The molecular formula is C15H19ClN4O. The predicted molar refractivity (Wildman–Crippen MR) is 81.0 cm³/mol. The Morgan fingerprint density at radius 2 is 2.29 bits per heavy atom. The van der Waals surface area contributed by atoms with Crippen LogP contribution in [-0.4, -0.2) is 27.7 Å². The molecule has 21 heavy (non-hydrogen) atoms. The highest BCUT2D eigenvalue weighted by Crippen LogP contribution is 2.34. The molecule has 0 spiro atoms. The molecule has 1 saturated carbocycles. The average Bonchev–Trinajstić information content (AvgIpc) is 3.24. The first-order valence-corrected chi connectivity index (χ1v) is 7.82. The summed E-state index contributed by atoms with van der Waals surface area (Å²) < 4.78 is 5.36. The van der Waals surface area contributed by atoms with Crippen molar-refractivity contribution in [3.8, 4) is 11.5 Å². The first kappa shape index (κ1) is 14.5. The molecule has 2 heterocycles. The molecule has 3 rings (SSSR count). The van der Waals surface area contributed by atoms with Crippen LogP contribution in [0.5, 0.6) is 0 Å². The molecule has 5 nitrogen and oxygen atoms in total. The zero-order valence-electron chi connectivity index (χ0n) is 12.1. The molecule has 0 saturated heterocycles. The van der Waals surface area contributed by atoms with Crippen molar-refractivity contribution >= 4 is 11.6 Å². The van der Waals surface area contributed by atoms with E-state index in [0.717, 1.165) is 25.3 Å². The molecule has 1 aliphatic carbocycles. The number of hydrogen-bond donors (Lipinski definition) is 1. The Balaban J connectivity index is 1.67. The van der Waals surface area contributed by atoms with E-state index in [2.05, 4.69) is 27.4 Å². The summed E-state index contributed by atoms with van der Waals surface area (Å²) in [5, 5.41) is 8.18. The van der Waals surface area contributed by atoms with Gasteiger partial charge in [0.25, 0.3) is 0 Å². The van der Waals surface area contributed by atoms with E-state index in [9.17, 15) is 0 Å². The minimum atomic E-state index is 0.441. The van der Waals surface area contributed by atoms with Gasteiger partial charge in [-0.15, -0.1) is 0 Å². The Labute approximate surface area is 129 Å². The second-order valence-corrected chi connectivity index (χ2v) is 5.91. The number of halogens is 1. The van der Waals surface area contributed by atoms with Gasteiger partial charge in [-0.1, -0.05) is 23.7 Å². The van der Waals surface area contributed by atoms with Gasteiger partial charge in [-0.2, -0.15) is 4.98 Å². The van der Waals surface area contributed by atoms with Gasteiger partial charge >= 0.3 is 0 Å². The van der Waals surface area contributed by atoms with Crippen LogP contribution in [0.3, 0.4) is 0 Å². The smallest absolute Gasteiger partial charge is 0.228 e. The first-order chi connectivity index (χ1) is 10.3. The lowest BCUT2D eigenvalue weighted by molar-refractivity contribution is 0.346. The zero-order valence-corrected chi connectivity index (χ0v) is 12.8. The Morgan fingerprint density at radius 3 is 2.95 bits per heavy atom. The molecule has 1 N–H and O–H groups in total. The largest absolute Gasteiger partial charge is 0.339 e. The maximum absolute atomic E-state index is 5.83. The predicted octanol–water partition coefficient (Wildman–Crippen LogP) is 3.11. The first-order valence-electron chi connectivity index (χ1n) is 7.44. The molecule has 0 bridgehead atoms. The quantitative estimate of drug-likeness (QED) is 0.851. The van der Waals surface area contributed by atoms with E-state index in [1.54, 1.807) is 18.3 Å². The van der Waals surface area contributed by atoms with Gasteiger partial charge in [0.1, 0.15) is 5.69 Å². The third-order valence-corrected chi connectivity index (χ3v) is 3.89. The van der Waals surface area contributed by atoms with Crippen molar-refractivity contribution in [2.45, 2.75) is 38.6 Å². The Bertz CT molecular complexity index is 580. The van der Waals surface area contributed by atoms with E-state index in [1.165, 1.54) is 12.8 Å². The van der Waals surface area contributed by atoms with Gasteiger partial charge in [0.05, 0.1) is 5.02 Å². The van der Waals surface area contributed by atoms with Crippen molar-refractivity contribution in [2.24, 2.45) is 5.92 Å². The average molecular weight is 307 g/mol. The van der Waals surface area contributed by atoms with Crippen molar-refractivity contribution in [2.75, 3.05) is 6.54 Å². The molecule has 1 aliphatic rings. The van der Waals surface area contributed by atoms with Crippen molar-refractivity contribution in [3.63, 3.8) is 0 Å². The topological polar surface area (TPSA) is 63.8 Å². The summed E-state index contributed by atoms with van der Waals surface area (Å²) in [5.74, 6) is 1.94. The maximum Gasteiger partial charge on any atom is 0.228 e. The Hall–Kier alpha value is -1.46. The van der Waals surface area contributed by atoms with E-state index >= 15 is 0 Å². The molecule has 6 heteroatoms. The number of pyridine rings is 1. The Kier molecular flexibility index (Phi) is 4.51. The molecule has 1 unspecified atom stereocenters. The summed E-state index contributed by atoms with van der Waals surface area (Å²) in [4.78, 5) is 8.65. The molecular weight excluding hydrogens is 288 g/mol. The summed E-state index contributed by atoms with van der Waals surface area (Å²) in [6.45, 7) is 3.20. The minimum absolute atomic E-state index is 0.441. The Morgan fingerprint density at radius 1 is 1.43 bits per heavy atom. The highest BCUT2D eigenvalue weighted by atomic mass is 35.5. The second-order valence-electron chi connectivity index (χ2n) is 5.48. The van der Waals surface area contributed by atoms with Gasteiger partial charge in [-0.3, -0.25) is 4.98 Å². The molecule has 2 aromatic heterocycles. The highest BCUT2D eigenvalue weighted by molar-refractivity contribution is 6.30. The normalized spacial score (nSPS) is 16.1. The van der Waals surface area contributed by atoms with Gasteiger partial charge in [-0.05, 0) is 43.9 Å². The molecule has 1 fully saturated rings. The van der Waals surface area contributed by atoms with Gasteiger partial charge < -0.3 is 9.84 Å². The van der Waals surface area contributed by atoms with E-state index in [1.807, 2.05) is 0 Å². The summed E-state index contributed by atoms with van der Waals surface area (Å²) in [5.41, 5.74) is 0.680. The monoisotopic (exact) mass is 306 g/mol. The summed E-state index contributed by atoms with van der Waals surface area (Å²) in [6.07, 6.45) is 6.09.